The van der Waals surface area contributed by atoms with E-state index in [2.05, 4.69) is 24.5 Å². The Morgan fingerprint density at radius 3 is 2.26 bits per heavy atom. The van der Waals surface area contributed by atoms with Gasteiger partial charge in [0.2, 0.25) is 5.91 Å². The van der Waals surface area contributed by atoms with Gasteiger partial charge in [-0.05, 0) is 82.2 Å². The van der Waals surface area contributed by atoms with E-state index in [1.165, 1.54) is 24.8 Å². The largest absolute Gasteiger partial charge is 0.337 e. The predicted molar refractivity (Wildman–Crippen MR) is 168 cm³/mol. The van der Waals surface area contributed by atoms with Crippen molar-refractivity contribution in [3.05, 3.63) is 71.1 Å². The summed E-state index contributed by atoms with van der Waals surface area (Å²) in [4.78, 5) is 31.2. The van der Waals surface area contributed by atoms with Crippen molar-refractivity contribution in [1.29, 1.82) is 0 Å². The van der Waals surface area contributed by atoms with Gasteiger partial charge in [-0.3, -0.25) is 14.5 Å². The number of carbonyl (C=O) groups excluding carboxylic acids is 2. The van der Waals surface area contributed by atoms with Crippen molar-refractivity contribution in [1.82, 2.24) is 14.7 Å². The Balaban J connectivity index is 0.000000370. The number of piperazine rings is 1. The molecule has 1 aromatic carbocycles. The Hall–Kier alpha value is -2.02. The molecule has 1 saturated carbocycles. The van der Waals surface area contributed by atoms with Gasteiger partial charge >= 0.3 is 0 Å². The van der Waals surface area contributed by atoms with Crippen molar-refractivity contribution in [2.24, 2.45) is 5.92 Å². The molecular formula is C32H48ClN3O2S. The van der Waals surface area contributed by atoms with Crippen LogP contribution >= 0.6 is 23.4 Å². The highest BCUT2D eigenvalue weighted by atomic mass is 35.5. The first-order valence-corrected chi connectivity index (χ1v) is 16.2. The molecule has 0 N–H and O–H groups in total. The molecule has 0 aromatic heterocycles. The van der Waals surface area contributed by atoms with Gasteiger partial charge in [0, 0.05) is 42.3 Å². The van der Waals surface area contributed by atoms with Crippen molar-refractivity contribution in [3.63, 3.8) is 0 Å². The number of amides is 1. The van der Waals surface area contributed by atoms with Crippen LogP contribution in [-0.4, -0.2) is 77.2 Å². The second kappa shape index (κ2) is 16.9. The number of nitrogens with zero attached hydrogens (tertiary/aromatic N) is 3. The zero-order chi connectivity index (χ0) is 28.9. The molecule has 0 radical (unpaired) electrons. The lowest BCUT2D eigenvalue weighted by Crippen LogP contribution is -2.52. The molecule has 7 heteroatoms. The highest BCUT2D eigenvalue weighted by Gasteiger charge is 2.36. The van der Waals surface area contributed by atoms with E-state index >= 15 is 0 Å². The van der Waals surface area contributed by atoms with Gasteiger partial charge in [0.25, 0.3) is 0 Å². The third-order valence-electron chi connectivity index (χ3n) is 7.16. The summed E-state index contributed by atoms with van der Waals surface area (Å²) >= 11 is 7.57. The molecule has 2 saturated heterocycles. The van der Waals surface area contributed by atoms with Crippen molar-refractivity contribution in [2.45, 2.75) is 71.9 Å². The Morgan fingerprint density at radius 1 is 1.18 bits per heavy atom. The SMILES string of the molecule is C=C1CN(C(=O)/C=C/C(C2CC2)N2CCC2)C[C@H](C)N1/C(=C\CC)C(C)=O.CCc1ccccc1Cl.CSC. The number of rotatable bonds is 8. The van der Waals surface area contributed by atoms with Gasteiger partial charge in [-0.25, -0.2) is 0 Å². The summed E-state index contributed by atoms with van der Waals surface area (Å²) in [5.41, 5.74) is 2.73. The maximum atomic E-state index is 12.8. The fourth-order valence-electron chi connectivity index (χ4n) is 4.98. The van der Waals surface area contributed by atoms with Crippen LogP contribution in [0.25, 0.3) is 0 Å². The Morgan fingerprint density at radius 2 is 1.82 bits per heavy atom. The van der Waals surface area contributed by atoms with Crippen LogP contribution in [0.2, 0.25) is 5.02 Å². The Kier molecular flexibility index (Phi) is 14.4. The van der Waals surface area contributed by atoms with E-state index in [1.807, 2.05) is 66.5 Å². The van der Waals surface area contributed by atoms with Crippen LogP contribution in [0.3, 0.4) is 0 Å². The first kappa shape index (κ1) is 33.2. The van der Waals surface area contributed by atoms with Gasteiger partial charge in [0.05, 0.1) is 12.2 Å². The van der Waals surface area contributed by atoms with Crippen molar-refractivity contribution < 1.29 is 9.59 Å². The number of thioether (sulfide) groups is 1. The van der Waals surface area contributed by atoms with Gasteiger partial charge in [0.1, 0.15) is 0 Å². The smallest absolute Gasteiger partial charge is 0.246 e. The van der Waals surface area contributed by atoms with Crippen LogP contribution in [0.15, 0.2) is 60.5 Å². The van der Waals surface area contributed by atoms with E-state index in [4.69, 9.17) is 11.6 Å². The van der Waals surface area contributed by atoms with Crippen LogP contribution in [0.4, 0.5) is 0 Å². The van der Waals surface area contributed by atoms with Gasteiger partial charge in [0.15, 0.2) is 5.78 Å². The van der Waals surface area contributed by atoms with Crippen molar-refractivity contribution in [2.75, 3.05) is 38.7 Å². The maximum Gasteiger partial charge on any atom is 0.246 e. The topological polar surface area (TPSA) is 43.9 Å². The van der Waals surface area contributed by atoms with Gasteiger partial charge in [-0.1, -0.05) is 62.4 Å². The van der Waals surface area contributed by atoms with Crippen LogP contribution < -0.4 is 0 Å². The second-order valence-corrected chi connectivity index (χ2v) is 11.7. The molecule has 2 atom stereocenters. The molecule has 5 nitrogen and oxygen atoms in total. The van der Waals surface area contributed by atoms with E-state index in [9.17, 15) is 9.59 Å². The maximum absolute atomic E-state index is 12.8. The van der Waals surface area contributed by atoms with Crippen LogP contribution in [-0.2, 0) is 16.0 Å². The summed E-state index contributed by atoms with van der Waals surface area (Å²) in [7, 11) is 0. The molecular weight excluding hydrogens is 526 g/mol. The minimum absolute atomic E-state index is 0.0416. The third-order valence-corrected chi connectivity index (χ3v) is 7.53. The number of Topliss-reactive ketones (excluding diaryl/α,β-unsaturated/α-hetero) is 1. The second-order valence-electron chi connectivity index (χ2n) is 10.5. The molecule has 3 aliphatic rings. The number of aryl methyl sites for hydroxylation is 1. The number of halogens is 1. The average Bonchev–Trinajstić information content (AvgIpc) is 3.70. The minimum Gasteiger partial charge on any atom is -0.337 e. The summed E-state index contributed by atoms with van der Waals surface area (Å²) in [5, 5.41) is 0.875. The van der Waals surface area contributed by atoms with Crippen LogP contribution in [0.5, 0.6) is 0 Å². The number of carbonyl (C=O) groups is 2. The molecule has 1 amide bonds. The number of likely N-dealkylation sites (tertiary alicyclic amines) is 1. The lowest BCUT2D eigenvalue weighted by molar-refractivity contribution is -0.127. The zero-order valence-electron chi connectivity index (χ0n) is 24.8. The van der Waals surface area contributed by atoms with Gasteiger partial charge < -0.3 is 9.80 Å². The Bertz CT molecular complexity index is 1020. The summed E-state index contributed by atoms with van der Waals surface area (Å²) < 4.78 is 0. The molecule has 1 aromatic rings. The van der Waals surface area contributed by atoms with Crippen molar-refractivity contribution in [3.8, 4) is 0 Å². The summed E-state index contributed by atoms with van der Waals surface area (Å²) in [5.74, 6) is 0.835. The normalized spacial score (nSPS) is 20.4. The van der Waals surface area contributed by atoms with E-state index in [-0.39, 0.29) is 17.7 Å². The fourth-order valence-corrected chi connectivity index (χ4v) is 5.25. The van der Waals surface area contributed by atoms with E-state index in [0.29, 0.717) is 24.8 Å². The number of ketones is 1. The third kappa shape index (κ3) is 10.1. The van der Waals surface area contributed by atoms with E-state index < -0.39 is 0 Å². The quantitative estimate of drug-likeness (QED) is 0.319. The highest BCUT2D eigenvalue weighted by molar-refractivity contribution is 7.97. The number of allylic oxidation sites excluding steroid dienone is 2. The lowest BCUT2D eigenvalue weighted by Gasteiger charge is -2.43. The summed E-state index contributed by atoms with van der Waals surface area (Å²) in [6.07, 6.45) is 15.6. The van der Waals surface area contributed by atoms with E-state index in [1.54, 1.807) is 24.8 Å². The molecule has 1 unspecified atom stereocenters. The first-order valence-electron chi connectivity index (χ1n) is 14.2. The first-order chi connectivity index (χ1) is 18.7. The summed E-state index contributed by atoms with van der Waals surface area (Å²) in [6.45, 7) is 15.3. The van der Waals surface area contributed by atoms with Gasteiger partial charge in [-0.15, -0.1) is 0 Å². The minimum atomic E-state index is 0.0416. The molecule has 2 heterocycles. The van der Waals surface area contributed by atoms with Crippen molar-refractivity contribution >= 4 is 35.1 Å². The Labute approximate surface area is 246 Å². The molecule has 3 fully saturated rings. The average molecular weight is 574 g/mol. The van der Waals surface area contributed by atoms with Crippen LogP contribution in [0, 0.1) is 5.92 Å². The fraction of sp³-hybridized carbons (Fsp3) is 0.562. The van der Waals surface area contributed by atoms with Crippen LogP contribution in [0.1, 0.15) is 58.9 Å². The molecule has 216 valence electrons. The molecule has 4 rings (SSSR count). The molecule has 1 aliphatic carbocycles. The highest BCUT2D eigenvalue weighted by Crippen LogP contribution is 2.37. The number of benzene rings is 1. The lowest BCUT2D eigenvalue weighted by atomic mass is 10.0. The molecule has 39 heavy (non-hydrogen) atoms. The standard InChI is InChI=1S/C22H33N3O2.C8H9Cl.C2H6S/c1-5-7-20(18(4)26)25-16(2)14-24(15-17(25)3)22(27)11-10-21(19-8-9-19)23-12-6-13-23;1-2-7-5-3-4-6-8(7)9;1-3-2/h7,10-11,17,19,21H,2,5-6,8-9,12-15H2,1,3-4H3;3-6H,2H2,1H3;1-2H3/b11-10+,20-7-;;/t17-,21?;;/m0../s1. The number of hydrogen-bond acceptors (Lipinski definition) is 5. The summed E-state index contributed by atoms with van der Waals surface area (Å²) in [6, 6.07) is 8.39. The molecule has 0 bridgehead atoms. The van der Waals surface area contributed by atoms with Gasteiger partial charge in [-0.2, -0.15) is 11.8 Å². The van der Waals surface area contributed by atoms with E-state index in [0.717, 1.165) is 42.6 Å². The molecule has 2 aliphatic heterocycles. The zero-order valence-corrected chi connectivity index (χ0v) is 26.4. The molecule has 0 spiro atoms. The monoisotopic (exact) mass is 573 g/mol. The number of hydrogen-bond donors (Lipinski definition) is 0. The predicted octanol–water partition coefficient (Wildman–Crippen LogP) is 6.84.